The van der Waals surface area contributed by atoms with Gasteiger partial charge in [0.1, 0.15) is 0 Å². The van der Waals surface area contributed by atoms with Crippen molar-refractivity contribution in [3.63, 3.8) is 0 Å². The van der Waals surface area contributed by atoms with Gasteiger partial charge in [-0.1, -0.05) is 63.3 Å². The second kappa shape index (κ2) is 19.9. The molecule has 0 bridgehead atoms. The predicted molar refractivity (Wildman–Crippen MR) is 94.1 cm³/mol. The summed E-state index contributed by atoms with van der Waals surface area (Å²) in [5.41, 5.74) is 0. The van der Waals surface area contributed by atoms with Crippen LogP contribution in [0.3, 0.4) is 0 Å². The third-order valence-corrected chi connectivity index (χ3v) is 3.34. The summed E-state index contributed by atoms with van der Waals surface area (Å²) in [7, 11) is 0. The summed E-state index contributed by atoms with van der Waals surface area (Å²) in [5.74, 6) is -0.671. The van der Waals surface area contributed by atoms with Crippen LogP contribution in [0, 0.1) is 0 Å². The Balaban J connectivity index is 0. The number of aliphatic carboxylic acids is 1. The van der Waals surface area contributed by atoms with Crippen LogP contribution in [0.5, 0.6) is 0 Å². The van der Waals surface area contributed by atoms with Crippen molar-refractivity contribution in [3.8, 4) is 0 Å². The van der Waals surface area contributed by atoms with Gasteiger partial charge in [0.05, 0.1) is 0 Å². The predicted octanol–water partition coefficient (Wildman–Crippen LogP) is 5.24. The van der Waals surface area contributed by atoms with Crippen molar-refractivity contribution >= 4 is 35.5 Å². The van der Waals surface area contributed by atoms with Crippen LogP contribution in [0.2, 0.25) is 0 Å². The van der Waals surface area contributed by atoms with Gasteiger partial charge in [-0.25, -0.2) is 0 Å². The van der Waals surface area contributed by atoms with Gasteiger partial charge in [0.25, 0.3) is 0 Å². The Morgan fingerprint density at radius 1 is 0.810 bits per heavy atom. The summed E-state index contributed by atoms with van der Waals surface area (Å²) in [6, 6.07) is 0. The Bertz CT molecular complexity index is 272. The average molecular weight is 304 g/mol. The first-order valence-electron chi connectivity index (χ1n) is 8.29. The van der Waals surface area contributed by atoms with Gasteiger partial charge in [-0.15, -0.1) is 0 Å². The van der Waals surface area contributed by atoms with E-state index in [2.05, 4.69) is 31.2 Å². The zero-order valence-electron chi connectivity index (χ0n) is 13.2. The molecule has 0 aromatic carbocycles. The van der Waals surface area contributed by atoms with E-state index in [0.717, 1.165) is 25.7 Å². The second-order valence-corrected chi connectivity index (χ2v) is 5.37. The van der Waals surface area contributed by atoms with Crippen molar-refractivity contribution in [2.24, 2.45) is 0 Å². The number of rotatable bonds is 14. The first kappa shape index (κ1) is 23.2. The molecule has 0 aliphatic carbocycles. The van der Waals surface area contributed by atoms with Crippen molar-refractivity contribution in [2.45, 2.75) is 84.0 Å². The molecule has 0 heterocycles. The molecule has 118 valence electrons. The number of allylic oxidation sites excluding steroid dienone is 4. The number of carbonyl (C=O) groups is 1. The first-order valence-corrected chi connectivity index (χ1v) is 8.29. The fourth-order valence-corrected chi connectivity index (χ4v) is 2.09. The number of hydrogen-bond donors (Lipinski definition) is 1. The molecule has 0 amide bonds. The molecule has 1 N–H and O–H groups in total. The van der Waals surface area contributed by atoms with Gasteiger partial charge in [-0.2, -0.15) is 0 Å². The van der Waals surface area contributed by atoms with Crippen LogP contribution in [0.4, 0.5) is 0 Å². The van der Waals surface area contributed by atoms with E-state index in [1.165, 1.54) is 44.9 Å². The number of carboxylic acids is 1. The van der Waals surface area contributed by atoms with E-state index in [1.54, 1.807) is 0 Å². The molecule has 0 aliphatic rings. The van der Waals surface area contributed by atoms with Gasteiger partial charge in [0, 0.05) is 6.42 Å². The molecule has 0 unspecified atom stereocenters. The van der Waals surface area contributed by atoms with Gasteiger partial charge in [0.15, 0.2) is 0 Å². The second-order valence-electron chi connectivity index (χ2n) is 5.37. The van der Waals surface area contributed by atoms with E-state index in [0.29, 0.717) is 6.42 Å². The summed E-state index contributed by atoms with van der Waals surface area (Å²) in [6.45, 7) is 2.23. The van der Waals surface area contributed by atoms with Crippen molar-refractivity contribution in [3.05, 3.63) is 24.3 Å². The average Bonchev–Trinajstić information content (AvgIpc) is 2.43. The molecule has 0 fully saturated rings. The number of unbranched alkanes of at least 4 members (excludes halogenated alkanes) is 8. The fraction of sp³-hybridized carbons (Fsp3) is 0.722. The Morgan fingerprint density at radius 2 is 1.33 bits per heavy atom. The van der Waals surface area contributed by atoms with Crippen molar-refractivity contribution in [2.75, 3.05) is 0 Å². The molecule has 0 spiro atoms. The molecule has 0 saturated carbocycles. The molecule has 21 heavy (non-hydrogen) atoms. The normalized spacial score (nSPS) is 11.1. The fourth-order valence-electron chi connectivity index (χ4n) is 2.09. The minimum absolute atomic E-state index is 0. The van der Waals surface area contributed by atoms with E-state index in [4.69, 9.17) is 5.11 Å². The van der Waals surface area contributed by atoms with E-state index < -0.39 is 5.97 Å². The molecule has 3 heteroatoms. The van der Waals surface area contributed by atoms with Gasteiger partial charge >= 0.3 is 35.5 Å². The number of carboxylic acid groups (broad SMARTS) is 1. The van der Waals surface area contributed by atoms with E-state index >= 15 is 0 Å². The van der Waals surface area contributed by atoms with Gasteiger partial charge < -0.3 is 5.11 Å². The monoisotopic (exact) mass is 304 g/mol. The summed E-state index contributed by atoms with van der Waals surface area (Å²) in [6.07, 6.45) is 22.3. The zero-order valence-corrected chi connectivity index (χ0v) is 13.2. The van der Waals surface area contributed by atoms with E-state index in [9.17, 15) is 4.79 Å². The molecule has 0 aromatic heterocycles. The Hall–Kier alpha value is -0.0500. The molecule has 0 aliphatic heterocycles. The van der Waals surface area contributed by atoms with Crippen LogP contribution < -0.4 is 0 Å². The SMILES string of the molecule is CCCCC/C=C\C/C=C\CCCCCCCC(=O)O.[NaH]. The Labute approximate surface area is 153 Å². The van der Waals surface area contributed by atoms with Gasteiger partial charge in [-0.05, 0) is 38.5 Å². The van der Waals surface area contributed by atoms with Crippen molar-refractivity contribution < 1.29 is 9.90 Å². The summed E-state index contributed by atoms with van der Waals surface area (Å²) >= 11 is 0. The molecule has 0 atom stereocenters. The summed E-state index contributed by atoms with van der Waals surface area (Å²) < 4.78 is 0. The molecular formula is C18H33NaO2. The first-order chi connectivity index (χ1) is 9.77. The number of hydrogen-bond acceptors (Lipinski definition) is 1. The maximum absolute atomic E-state index is 10.3. The molecular weight excluding hydrogens is 271 g/mol. The third kappa shape index (κ3) is 22.4. The summed E-state index contributed by atoms with van der Waals surface area (Å²) in [4.78, 5) is 10.3. The standard InChI is InChI=1S/C18H32O2.Na.H/c1-2-3-4-5-6-7-8-9-10-11-12-13-14-15-16-17-18(19)20;;/h6-7,9-10H,2-5,8,11-17H2,1H3,(H,19,20);;/b7-6-,10-9-;;. The molecule has 0 saturated heterocycles. The summed E-state index contributed by atoms with van der Waals surface area (Å²) in [5, 5.41) is 8.50. The van der Waals surface area contributed by atoms with Crippen molar-refractivity contribution in [1.29, 1.82) is 0 Å². The topological polar surface area (TPSA) is 37.3 Å². The zero-order chi connectivity index (χ0) is 14.9. The van der Waals surface area contributed by atoms with Crippen molar-refractivity contribution in [1.82, 2.24) is 0 Å². The van der Waals surface area contributed by atoms with Gasteiger partial charge in [0.2, 0.25) is 0 Å². The van der Waals surface area contributed by atoms with E-state index in [-0.39, 0.29) is 29.6 Å². The molecule has 0 rings (SSSR count). The van der Waals surface area contributed by atoms with Crippen LogP contribution >= 0.6 is 0 Å². The quantitative estimate of drug-likeness (QED) is 0.271. The third-order valence-electron chi connectivity index (χ3n) is 3.34. The van der Waals surface area contributed by atoms with Crippen LogP contribution in [0.1, 0.15) is 84.0 Å². The maximum atomic E-state index is 10.3. The molecule has 2 nitrogen and oxygen atoms in total. The van der Waals surface area contributed by atoms with Gasteiger partial charge in [-0.3, -0.25) is 4.79 Å². The Morgan fingerprint density at radius 3 is 1.90 bits per heavy atom. The minimum atomic E-state index is -0.671. The molecule has 0 radical (unpaired) electrons. The van der Waals surface area contributed by atoms with Crippen LogP contribution in [-0.2, 0) is 4.79 Å². The van der Waals surface area contributed by atoms with Crippen LogP contribution in [-0.4, -0.2) is 40.6 Å². The Kier molecular flexibility index (Phi) is 22.1. The van der Waals surface area contributed by atoms with E-state index in [1.807, 2.05) is 0 Å². The van der Waals surface area contributed by atoms with Crippen LogP contribution in [0.15, 0.2) is 24.3 Å². The van der Waals surface area contributed by atoms with Crippen LogP contribution in [0.25, 0.3) is 0 Å². The molecule has 0 aromatic rings.